The summed E-state index contributed by atoms with van der Waals surface area (Å²) in [5.74, 6) is 0.998. The van der Waals surface area contributed by atoms with Crippen molar-refractivity contribution in [1.29, 1.82) is 0 Å². The van der Waals surface area contributed by atoms with E-state index in [2.05, 4.69) is 163 Å². The van der Waals surface area contributed by atoms with Gasteiger partial charge in [0.2, 0.25) is 0 Å². The normalized spacial score (nSPS) is 14.6. The van der Waals surface area contributed by atoms with E-state index in [0.717, 1.165) is 131 Å². The minimum Gasteiger partial charge on any atom is -0.379 e. The Morgan fingerprint density at radius 3 is 1.04 bits per heavy atom. The van der Waals surface area contributed by atoms with Gasteiger partial charge in [0.1, 0.15) is 0 Å². The van der Waals surface area contributed by atoms with Crippen LogP contribution < -0.4 is 34.1 Å². The predicted octanol–water partition coefficient (Wildman–Crippen LogP) is 16.0. The molecule has 0 spiro atoms. The molecule has 16 rings (SSSR count). The summed E-state index contributed by atoms with van der Waals surface area (Å²) in [6, 6.07) is 31.5. The fourth-order valence-corrected chi connectivity index (χ4v) is 15.3. The van der Waals surface area contributed by atoms with Crippen molar-refractivity contribution in [1.82, 2.24) is 97.0 Å². The van der Waals surface area contributed by atoms with Gasteiger partial charge >= 0.3 is 34.1 Å². The summed E-state index contributed by atoms with van der Waals surface area (Å²) in [6.07, 6.45) is 13.7. The van der Waals surface area contributed by atoms with Crippen molar-refractivity contribution >= 4 is 150 Å². The van der Waals surface area contributed by atoms with E-state index < -0.39 is 0 Å². The number of benzene rings is 2. The monoisotopic (exact) mass is 1750 g/mol. The summed E-state index contributed by atoms with van der Waals surface area (Å²) in [5, 5.41) is 3.22. The molecule has 14 heterocycles. The molecule has 0 aliphatic carbocycles. The van der Waals surface area contributed by atoms with Crippen molar-refractivity contribution < 1.29 is 9.47 Å². The lowest BCUT2D eigenvalue weighted by atomic mass is 9.92. The average Bonchev–Trinajstić information content (AvgIpc) is 1.66. The molecule has 12 aromatic heterocycles. The number of rotatable bonds is 20. The Kier molecular flexibility index (Phi) is 32.6. The van der Waals surface area contributed by atoms with Crippen LogP contribution in [-0.2, 0) is 29.1 Å². The van der Waals surface area contributed by atoms with Gasteiger partial charge in [-0.2, -0.15) is 13.5 Å². The molecule has 0 bridgehead atoms. The summed E-state index contributed by atoms with van der Waals surface area (Å²) in [6.45, 7) is 31.4. The Hall–Kier alpha value is -9.11. The molecule has 118 heavy (non-hydrogen) atoms. The third kappa shape index (κ3) is 23.5. The fraction of sp³-hybridized carbons (Fsp3) is 0.422. The first-order valence-electron chi connectivity index (χ1n) is 39.3. The van der Waals surface area contributed by atoms with Crippen molar-refractivity contribution in [2.45, 2.75) is 151 Å². The van der Waals surface area contributed by atoms with E-state index in [1.807, 2.05) is 36.4 Å². The maximum atomic E-state index is 12.3. The van der Waals surface area contributed by atoms with Crippen molar-refractivity contribution in [2.75, 3.05) is 65.7 Å². The number of ether oxygens (including phenoxy) is 2. The van der Waals surface area contributed by atoms with E-state index in [1.54, 1.807) is 82.4 Å². The molecule has 2 saturated heterocycles. The number of aromatic nitrogens is 18. The number of aromatic amines is 6. The molecule has 6 N–H and O–H groups in total. The number of nitrogens with zero attached hydrogens (tertiary/aromatic N) is 14. The lowest BCUT2D eigenvalue weighted by Crippen LogP contribution is -2.41. The number of hydrogen-bond acceptors (Lipinski definition) is 16. The number of pyridine rings is 6. The zero-order valence-electron chi connectivity index (χ0n) is 67.7. The van der Waals surface area contributed by atoms with Crippen LogP contribution in [0.3, 0.4) is 0 Å². The highest BCUT2D eigenvalue weighted by atomic mass is 35.5. The van der Waals surface area contributed by atoms with Gasteiger partial charge in [0.05, 0.1) is 102 Å². The Morgan fingerprint density at radius 2 is 0.695 bits per heavy atom. The second-order valence-electron chi connectivity index (χ2n) is 30.6. The quantitative estimate of drug-likeness (QED) is 0.0413. The third-order valence-corrected chi connectivity index (χ3v) is 22.0. The van der Waals surface area contributed by atoms with E-state index >= 15 is 0 Å². The molecule has 2 aliphatic heterocycles. The molecule has 2 unspecified atom stereocenters. The van der Waals surface area contributed by atoms with Crippen molar-refractivity contribution in [3.63, 3.8) is 0 Å². The second kappa shape index (κ2) is 42.2. The first-order chi connectivity index (χ1) is 56.1. The van der Waals surface area contributed by atoms with Gasteiger partial charge in [0.25, 0.3) is 0 Å². The van der Waals surface area contributed by atoms with Crippen LogP contribution in [0.4, 0.5) is 0 Å². The maximum Gasteiger partial charge on any atom is 0.327 e. The first-order valence-corrected chi connectivity index (χ1v) is 41.5. The van der Waals surface area contributed by atoms with Gasteiger partial charge in [-0.3, -0.25) is 67.1 Å². The van der Waals surface area contributed by atoms with Crippen LogP contribution in [0.1, 0.15) is 142 Å². The number of fused-ring (bicyclic) bond motifs is 6. The molecule has 0 radical (unpaired) electrons. The van der Waals surface area contributed by atoms with E-state index in [4.69, 9.17) is 79.1 Å². The molecule has 2 aliphatic rings. The van der Waals surface area contributed by atoms with E-state index in [0.29, 0.717) is 95.5 Å². The molecular formula is C83H102Cl6N20O8S. The fourth-order valence-electron chi connectivity index (χ4n) is 14.4. The summed E-state index contributed by atoms with van der Waals surface area (Å²) in [7, 11) is 0. The first kappa shape index (κ1) is 91.2. The molecule has 28 nitrogen and oxygen atoms in total. The van der Waals surface area contributed by atoms with Crippen LogP contribution in [0.15, 0.2) is 163 Å². The minimum absolute atomic E-state index is 0. The van der Waals surface area contributed by atoms with Gasteiger partial charge in [-0.05, 0) is 103 Å². The number of H-pyrrole nitrogens is 6. The maximum absolute atomic E-state index is 12.3. The van der Waals surface area contributed by atoms with E-state index in [1.165, 1.54) is 29.7 Å². The Balaban J connectivity index is 0.000000149. The number of halogens is 6. The Bertz CT molecular complexity index is 5890. The third-order valence-electron chi connectivity index (χ3n) is 20.8. The van der Waals surface area contributed by atoms with Crippen molar-refractivity contribution in [2.24, 2.45) is 11.3 Å². The molecule has 2 fully saturated rings. The van der Waals surface area contributed by atoms with Crippen LogP contribution in [0, 0.1) is 11.3 Å². The predicted molar refractivity (Wildman–Crippen MR) is 478 cm³/mol. The summed E-state index contributed by atoms with van der Waals surface area (Å²) >= 11 is 35.8. The van der Waals surface area contributed by atoms with Crippen molar-refractivity contribution in [3.8, 4) is 0 Å². The molecule has 630 valence electrons. The highest BCUT2D eigenvalue weighted by Crippen LogP contribution is 2.29. The van der Waals surface area contributed by atoms with E-state index in [9.17, 15) is 28.8 Å². The van der Waals surface area contributed by atoms with Gasteiger partial charge in [-0.15, -0.1) is 0 Å². The van der Waals surface area contributed by atoms with Crippen molar-refractivity contribution in [3.05, 3.63) is 238 Å². The molecule has 14 aromatic rings. The van der Waals surface area contributed by atoms with Gasteiger partial charge in [-0.25, -0.2) is 58.7 Å². The average molecular weight is 1750 g/mol. The van der Waals surface area contributed by atoms with Gasteiger partial charge in [0.15, 0.2) is 33.9 Å². The number of nitrogens with one attached hydrogen (secondary N) is 6. The molecule has 5 atom stereocenters. The van der Waals surface area contributed by atoms with Gasteiger partial charge < -0.3 is 9.47 Å². The van der Waals surface area contributed by atoms with E-state index in [-0.39, 0.29) is 77.1 Å². The molecule has 0 amide bonds. The van der Waals surface area contributed by atoms with Crippen LogP contribution in [-0.4, -0.2) is 163 Å². The lowest BCUT2D eigenvalue weighted by molar-refractivity contribution is 0.0312. The van der Waals surface area contributed by atoms with Crippen LogP contribution in [0.25, 0.3) is 67.0 Å². The highest BCUT2D eigenvalue weighted by Gasteiger charge is 2.25. The molecule has 2 aromatic carbocycles. The van der Waals surface area contributed by atoms with Gasteiger partial charge in [-0.1, -0.05) is 200 Å². The number of aryl methyl sites for hydroxylation is 2. The smallest absolute Gasteiger partial charge is 0.327 e. The summed E-state index contributed by atoms with van der Waals surface area (Å²) in [5.41, 5.74) is 9.98. The zero-order chi connectivity index (χ0) is 83.8. The Labute approximate surface area is 718 Å². The van der Waals surface area contributed by atoms with Crippen LogP contribution in [0.2, 0.25) is 30.1 Å². The topological polar surface area (TPSA) is 329 Å². The van der Waals surface area contributed by atoms with Crippen LogP contribution >= 0.6 is 83.1 Å². The lowest BCUT2D eigenvalue weighted by Gasteiger charge is -2.30. The summed E-state index contributed by atoms with van der Waals surface area (Å²) < 4.78 is 21.2. The number of hydrogen-bond donors (Lipinski definition) is 6. The second-order valence-corrected chi connectivity index (χ2v) is 33.2. The van der Waals surface area contributed by atoms with Crippen LogP contribution in [0.5, 0.6) is 0 Å². The molecule has 35 heteroatoms. The largest absolute Gasteiger partial charge is 0.379 e. The minimum atomic E-state index is -0.155. The SMILES string of the molecule is CC(C)(C)CCn1c(=O)[nH]c2ncc(Cl)cc21.CC(CCn1c(=O)[nH]c2ncc(Cl)cc21)c1ccccc1.CC(Cn1c(=O)[nH]c2ncc(Cl)cc21)c1ccccc1.CC[C@@H](C(C)C)n1c(=O)[nH]c2ncc(Cl)cc21.CC[C@@H](CN1CCOCC1)n1c(=O)[nH]c2ncc(Cl)cc21.CC[C@H](CN1CCOCC1)n1c(=O)[nH]c2ncc(Cl)cc21.S. The molecular weight excluding hydrogens is 1650 g/mol. The highest BCUT2D eigenvalue weighted by molar-refractivity contribution is 7.59. The number of morpholine rings is 2. The van der Waals surface area contributed by atoms with Gasteiger partial charge in [0, 0.05) is 102 Å². The zero-order valence-corrected chi connectivity index (χ0v) is 73.2. The Morgan fingerprint density at radius 1 is 0.390 bits per heavy atom. The number of imidazole rings is 6. The summed E-state index contributed by atoms with van der Waals surface area (Å²) in [4.78, 5) is 119. The standard InChI is InChI=1S/C16H16ClN3O.C15H14ClN3O.2C14H19ClN4O2.2C12H16ClN3O.H2S/c1-11(12-5-3-2-4-6-12)7-8-20-14-9-13(17)10-18-15(14)19-16(20)21;1-10(11-5-3-2-4-6-11)9-19-13-7-12(16)8-17-14(13)18-15(19)20;2*1-2-11(9-18-3-5-21-6-4-18)19-12-7-10(15)8-16-13(12)17-14(19)20;1-12(2,3)4-5-16-9-6-8(13)7-14-10(9)15-11(16)17;1-4-9(7(2)3)16-10-5-8(13)6-14-11(10)15-12(16)17;/h2-6,9-11H,7-8H2,1H3,(H,18,19,21);2-8,10H,9H2,1H3,(H,17,18,20);2*7-8,11H,2-6,9H2,1H3,(H,16,17,20);6-7H,4-5H2,1-3H3,(H,14,15,17);5-7,9H,4H2,1-3H3,(H,14,15,17);1H2/t;;2*11-;;9-;/m..10.0./s1. The molecule has 0 saturated carbocycles.